The standard InChI is InChI=1S/C8H5NOS.Li.H/c10-5-7-6-3-1-2-4-8(6)11-9-7;;/h1-5H;;/q;+1;-1. The second kappa shape index (κ2) is 3.86. The molecular weight excluding hydrogens is 165 g/mol. The molecule has 0 radical (unpaired) electrons. The summed E-state index contributed by atoms with van der Waals surface area (Å²) in [7, 11) is 0. The van der Waals surface area contributed by atoms with E-state index in [1.807, 2.05) is 24.3 Å². The van der Waals surface area contributed by atoms with Gasteiger partial charge in [-0.25, -0.2) is 0 Å². The van der Waals surface area contributed by atoms with Crippen molar-refractivity contribution < 1.29 is 25.1 Å². The molecule has 0 saturated heterocycles. The molecule has 0 fully saturated rings. The van der Waals surface area contributed by atoms with Crippen LogP contribution in [0.15, 0.2) is 24.3 Å². The van der Waals surface area contributed by atoms with Crippen molar-refractivity contribution in [3.8, 4) is 0 Å². The summed E-state index contributed by atoms with van der Waals surface area (Å²) < 4.78 is 5.05. The number of aromatic nitrogens is 1. The molecule has 2 nitrogen and oxygen atoms in total. The van der Waals surface area contributed by atoms with Gasteiger partial charge in [0.05, 0.1) is 4.70 Å². The van der Waals surface area contributed by atoms with Crippen LogP contribution in [0.3, 0.4) is 0 Å². The smallest absolute Gasteiger partial charge is 1.00 e. The van der Waals surface area contributed by atoms with E-state index in [9.17, 15) is 4.79 Å². The Labute approximate surface area is 87.4 Å². The fraction of sp³-hybridized carbons (Fsp3) is 0. The Hall–Kier alpha value is -0.623. The van der Waals surface area contributed by atoms with Gasteiger partial charge in [-0.2, -0.15) is 4.37 Å². The molecule has 0 aliphatic carbocycles. The number of hydrogen-bond acceptors (Lipinski definition) is 3. The number of aldehydes is 1. The van der Waals surface area contributed by atoms with E-state index in [1.54, 1.807) is 0 Å². The predicted octanol–water partition coefficient (Wildman–Crippen LogP) is -0.775. The summed E-state index contributed by atoms with van der Waals surface area (Å²) in [5, 5.41) is 0.951. The number of benzene rings is 1. The van der Waals surface area contributed by atoms with Gasteiger partial charge in [0.1, 0.15) is 5.69 Å². The van der Waals surface area contributed by atoms with Crippen LogP contribution in [-0.4, -0.2) is 10.7 Å². The molecular formula is C8H6LiNOS. The maximum Gasteiger partial charge on any atom is 1.00 e. The summed E-state index contributed by atoms with van der Waals surface area (Å²) in [6.07, 6.45) is 0.791. The monoisotopic (exact) mass is 171 g/mol. The average molecular weight is 171 g/mol. The first kappa shape index (κ1) is 9.47. The molecule has 0 N–H and O–H groups in total. The maximum absolute atomic E-state index is 10.4. The van der Waals surface area contributed by atoms with Gasteiger partial charge in [0, 0.05) is 5.39 Å². The van der Waals surface area contributed by atoms with Crippen LogP contribution in [0.1, 0.15) is 11.9 Å². The molecule has 0 aliphatic heterocycles. The molecule has 0 amide bonds. The van der Waals surface area contributed by atoms with Crippen LogP contribution in [-0.2, 0) is 0 Å². The molecule has 2 rings (SSSR count). The van der Waals surface area contributed by atoms with Gasteiger partial charge >= 0.3 is 18.9 Å². The molecule has 1 aromatic carbocycles. The molecule has 0 unspecified atom stereocenters. The van der Waals surface area contributed by atoms with Crippen LogP contribution < -0.4 is 18.9 Å². The van der Waals surface area contributed by atoms with Crippen molar-refractivity contribution in [3.63, 3.8) is 0 Å². The van der Waals surface area contributed by atoms with E-state index in [1.165, 1.54) is 11.5 Å². The Morgan fingerprint density at radius 2 is 2.17 bits per heavy atom. The van der Waals surface area contributed by atoms with Crippen LogP contribution in [0.25, 0.3) is 10.1 Å². The fourth-order valence-electron chi connectivity index (χ4n) is 0.990. The first-order valence-corrected chi connectivity index (χ1v) is 3.99. The van der Waals surface area contributed by atoms with Crippen LogP contribution in [0.4, 0.5) is 0 Å². The van der Waals surface area contributed by atoms with Crippen molar-refractivity contribution in [2.24, 2.45) is 0 Å². The quantitative estimate of drug-likeness (QED) is 0.416. The van der Waals surface area contributed by atoms with Gasteiger partial charge < -0.3 is 1.43 Å². The van der Waals surface area contributed by atoms with Gasteiger partial charge in [-0.1, -0.05) is 18.2 Å². The molecule has 1 aromatic heterocycles. The molecule has 4 heteroatoms. The van der Waals surface area contributed by atoms with Crippen LogP contribution >= 0.6 is 11.5 Å². The average Bonchev–Trinajstić information content (AvgIpc) is 2.47. The Kier molecular flexibility index (Phi) is 3.04. The number of carbonyl (C=O) groups excluding carboxylic acids is 1. The van der Waals surface area contributed by atoms with E-state index in [2.05, 4.69) is 4.37 Å². The summed E-state index contributed by atoms with van der Waals surface area (Å²) in [4.78, 5) is 10.4. The summed E-state index contributed by atoms with van der Waals surface area (Å²) in [6.45, 7) is 0. The predicted molar refractivity (Wildman–Crippen MR) is 46.1 cm³/mol. The van der Waals surface area contributed by atoms with Crippen molar-refractivity contribution in [1.82, 2.24) is 4.37 Å². The van der Waals surface area contributed by atoms with Crippen molar-refractivity contribution in [3.05, 3.63) is 30.0 Å². The number of carbonyl (C=O) groups is 1. The summed E-state index contributed by atoms with van der Waals surface area (Å²) >= 11 is 1.36. The number of hydrogen-bond donors (Lipinski definition) is 0. The third-order valence-electron chi connectivity index (χ3n) is 1.52. The van der Waals surface area contributed by atoms with E-state index >= 15 is 0 Å². The van der Waals surface area contributed by atoms with E-state index < -0.39 is 0 Å². The molecule has 0 bridgehead atoms. The SMILES string of the molecule is O=Cc1nsc2ccccc12.[H-].[Li+]. The molecule has 12 heavy (non-hydrogen) atoms. The zero-order chi connectivity index (χ0) is 7.68. The number of fused-ring (bicyclic) bond motifs is 1. The first-order valence-electron chi connectivity index (χ1n) is 3.21. The zero-order valence-corrected chi connectivity index (χ0v) is 7.47. The van der Waals surface area contributed by atoms with Gasteiger partial charge in [-0.15, -0.1) is 0 Å². The minimum atomic E-state index is 0. The fourth-order valence-corrected chi connectivity index (χ4v) is 1.74. The van der Waals surface area contributed by atoms with Crippen LogP contribution in [0.5, 0.6) is 0 Å². The van der Waals surface area contributed by atoms with Gasteiger partial charge in [0.15, 0.2) is 6.29 Å². The zero-order valence-electron chi connectivity index (χ0n) is 7.65. The molecule has 0 aliphatic rings. The van der Waals surface area contributed by atoms with E-state index in [0.717, 1.165) is 16.4 Å². The van der Waals surface area contributed by atoms with E-state index in [4.69, 9.17) is 0 Å². The van der Waals surface area contributed by atoms with Crippen molar-refractivity contribution in [2.45, 2.75) is 0 Å². The minimum absolute atomic E-state index is 0. The Morgan fingerprint density at radius 3 is 2.92 bits per heavy atom. The van der Waals surface area contributed by atoms with Gasteiger partial charge in [-0.3, -0.25) is 4.79 Å². The van der Waals surface area contributed by atoms with Gasteiger partial charge in [0.25, 0.3) is 0 Å². The Balaban J connectivity index is 0.000000720. The summed E-state index contributed by atoms with van der Waals surface area (Å²) in [6, 6.07) is 7.71. The molecule has 2 aromatic rings. The minimum Gasteiger partial charge on any atom is -1.00 e. The van der Waals surface area contributed by atoms with Crippen LogP contribution in [0, 0.1) is 0 Å². The third kappa shape index (κ3) is 1.44. The molecule has 0 saturated carbocycles. The molecule has 0 atom stereocenters. The topological polar surface area (TPSA) is 30.0 Å². The summed E-state index contributed by atoms with van der Waals surface area (Å²) in [5.41, 5.74) is 0.547. The number of rotatable bonds is 1. The Morgan fingerprint density at radius 1 is 1.42 bits per heavy atom. The van der Waals surface area contributed by atoms with Crippen molar-refractivity contribution >= 4 is 27.9 Å². The molecule has 0 spiro atoms. The Bertz CT molecular complexity index is 404. The normalized spacial score (nSPS) is 9.33. The van der Waals surface area contributed by atoms with Gasteiger partial charge in [0.2, 0.25) is 0 Å². The van der Waals surface area contributed by atoms with Crippen molar-refractivity contribution in [2.75, 3.05) is 0 Å². The summed E-state index contributed by atoms with van der Waals surface area (Å²) in [5.74, 6) is 0. The van der Waals surface area contributed by atoms with Gasteiger partial charge in [-0.05, 0) is 17.6 Å². The van der Waals surface area contributed by atoms with Crippen molar-refractivity contribution in [1.29, 1.82) is 0 Å². The van der Waals surface area contributed by atoms with E-state index in [-0.39, 0.29) is 20.3 Å². The van der Waals surface area contributed by atoms with Crippen LogP contribution in [0.2, 0.25) is 0 Å². The largest absolute Gasteiger partial charge is 1.00 e. The maximum atomic E-state index is 10.4. The van der Waals surface area contributed by atoms with E-state index in [0.29, 0.717) is 5.69 Å². The number of nitrogens with zero attached hydrogens (tertiary/aromatic N) is 1. The molecule has 56 valence electrons. The first-order chi connectivity index (χ1) is 5.42. The molecule has 1 heterocycles. The second-order valence-electron chi connectivity index (χ2n) is 2.18. The second-order valence-corrected chi connectivity index (χ2v) is 2.99. The third-order valence-corrected chi connectivity index (χ3v) is 2.36.